The van der Waals surface area contributed by atoms with Crippen LogP contribution in [-0.4, -0.2) is 36.3 Å². The summed E-state index contributed by atoms with van der Waals surface area (Å²) in [6.07, 6.45) is 3.43. The van der Waals surface area contributed by atoms with Gasteiger partial charge in [0.05, 0.1) is 5.41 Å². The fraction of sp³-hybridized carbons (Fsp3) is 0.360. The molecule has 0 bridgehead atoms. The fourth-order valence-corrected chi connectivity index (χ4v) is 4.20. The second-order valence-corrected chi connectivity index (χ2v) is 7.90. The van der Waals surface area contributed by atoms with Gasteiger partial charge in [-0.1, -0.05) is 67.1 Å². The van der Waals surface area contributed by atoms with E-state index in [4.69, 9.17) is 0 Å². The second-order valence-electron chi connectivity index (χ2n) is 7.90. The molecule has 0 radical (unpaired) electrons. The third-order valence-electron chi connectivity index (χ3n) is 5.77. The van der Waals surface area contributed by atoms with Crippen LogP contribution in [0.2, 0.25) is 0 Å². The molecule has 1 aliphatic heterocycles. The molecule has 152 valence electrons. The minimum atomic E-state index is -0.617. The first kappa shape index (κ1) is 20.8. The monoisotopic (exact) mass is 390 g/mol. The van der Waals surface area contributed by atoms with Crippen molar-refractivity contribution in [3.8, 4) is 11.1 Å². The standard InChI is InChI=1S/C25H30N2O2/c1-4-14-26-24(29)25(13-15-27(18-25)23(28)5-2)17-21-10-6-7-12-22(21)20-11-8-9-19(3)16-20/h4,6-12,16H,1,5,13-15,17-18H2,2-3H3,(H,26,29). The van der Waals surface area contributed by atoms with Crippen LogP contribution in [-0.2, 0) is 16.0 Å². The molecule has 0 saturated carbocycles. The van der Waals surface area contributed by atoms with E-state index in [1.165, 1.54) is 5.56 Å². The highest BCUT2D eigenvalue weighted by Gasteiger charge is 2.45. The smallest absolute Gasteiger partial charge is 0.228 e. The molecule has 0 aromatic heterocycles. The van der Waals surface area contributed by atoms with Crippen molar-refractivity contribution in [1.82, 2.24) is 10.2 Å². The molecule has 1 saturated heterocycles. The minimum absolute atomic E-state index is 0.00264. The molecular weight excluding hydrogens is 360 g/mol. The van der Waals surface area contributed by atoms with Gasteiger partial charge >= 0.3 is 0 Å². The predicted octanol–water partition coefficient (Wildman–Crippen LogP) is 4.14. The number of carbonyl (C=O) groups excluding carboxylic acids is 2. The van der Waals surface area contributed by atoms with Gasteiger partial charge in [-0.05, 0) is 36.5 Å². The van der Waals surface area contributed by atoms with Gasteiger partial charge in [-0.25, -0.2) is 0 Å². The maximum atomic E-state index is 13.2. The third-order valence-corrected chi connectivity index (χ3v) is 5.77. The lowest BCUT2D eigenvalue weighted by Crippen LogP contribution is -2.45. The SMILES string of the molecule is C=CCNC(=O)C1(Cc2ccccc2-c2cccc(C)c2)CCN(C(=O)CC)C1. The van der Waals surface area contributed by atoms with Gasteiger partial charge < -0.3 is 10.2 Å². The number of nitrogens with zero attached hydrogens (tertiary/aromatic N) is 1. The minimum Gasteiger partial charge on any atom is -0.352 e. The number of likely N-dealkylation sites (tertiary alicyclic amines) is 1. The average molecular weight is 391 g/mol. The van der Waals surface area contributed by atoms with E-state index < -0.39 is 5.41 Å². The van der Waals surface area contributed by atoms with Crippen molar-refractivity contribution in [2.75, 3.05) is 19.6 Å². The Morgan fingerprint density at radius 2 is 2.00 bits per heavy atom. The van der Waals surface area contributed by atoms with Crippen molar-refractivity contribution in [2.24, 2.45) is 5.41 Å². The molecular formula is C25H30N2O2. The van der Waals surface area contributed by atoms with Crippen LogP contribution in [0.15, 0.2) is 61.2 Å². The van der Waals surface area contributed by atoms with Crippen LogP contribution in [0.25, 0.3) is 11.1 Å². The molecule has 1 unspecified atom stereocenters. The summed E-state index contributed by atoms with van der Waals surface area (Å²) in [6, 6.07) is 16.7. The zero-order valence-electron chi connectivity index (χ0n) is 17.4. The summed E-state index contributed by atoms with van der Waals surface area (Å²) in [5, 5.41) is 2.99. The van der Waals surface area contributed by atoms with Gasteiger partial charge in [-0.2, -0.15) is 0 Å². The van der Waals surface area contributed by atoms with E-state index in [-0.39, 0.29) is 11.8 Å². The van der Waals surface area contributed by atoms with Crippen LogP contribution in [0.5, 0.6) is 0 Å². The molecule has 1 N–H and O–H groups in total. The Morgan fingerprint density at radius 3 is 2.72 bits per heavy atom. The molecule has 4 heteroatoms. The molecule has 1 heterocycles. The normalized spacial score (nSPS) is 18.5. The zero-order chi connectivity index (χ0) is 20.9. The quantitative estimate of drug-likeness (QED) is 0.723. The number of nitrogens with one attached hydrogen (secondary N) is 1. The van der Waals surface area contributed by atoms with E-state index in [1.807, 2.05) is 24.0 Å². The molecule has 2 aromatic rings. The van der Waals surface area contributed by atoms with E-state index in [1.54, 1.807) is 6.08 Å². The second kappa shape index (κ2) is 9.08. The van der Waals surface area contributed by atoms with Crippen molar-refractivity contribution in [2.45, 2.75) is 33.1 Å². The average Bonchev–Trinajstić information content (AvgIpc) is 3.17. The summed E-state index contributed by atoms with van der Waals surface area (Å²) in [4.78, 5) is 27.3. The Hall–Kier alpha value is -2.88. The molecule has 1 atom stereocenters. The number of rotatable bonds is 7. The lowest BCUT2D eigenvalue weighted by Gasteiger charge is -2.29. The highest BCUT2D eigenvalue weighted by Crippen LogP contribution is 2.38. The lowest BCUT2D eigenvalue weighted by molar-refractivity contribution is -0.133. The summed E-state index contributed by atoms with van der Waals surface area (Å²) in [6.45, 7) is 9.18. The van der Waals surface area contributed by atoms with E-state index >= 15 is 0 Å². The highest BCUT2D eigenvalue weighted by molar-refractivity contribution is 5.86. The van der Waals surface area contributed by atoms with Crippen LogP contribution >= 0.6 is 0 Å². The molecule has 4 nitrogen and oxygen atoms in total. The van der Waals surface area contributed by atoms with Gasteiger partial charge in [0.25, 0.3) is 0 Å². The predicted molar refractivity (Wildman–Crippen MR) is 117 cm³/mol. The molecule has 1 aliphatic rings. The van der Waals surface area contributed by atoms with Crippen molar-refractivity contribution in [3.63, 3.8) is 0 Å². The van der Waals surface area contributed by atoms with Crippen LogP contribution in [0.4, 0.5) is 0 Å². The number of benzene rings is 2. The molecule has 2 amide bonds. The molecule has 3 rings (SSSR count). The zero-order valence-corrected chi connectivity index (χ0v) is 17.4. The van der Waals surface area contributed by atoms with Gasteiger partial charge in [0.2, 0.25) is 11.8 Å². The third kappa shape index (κ3) is 4.58. The topological polar surface area (TPSA) is 49.4 Å². The maximum absolute atomic E-state index is 13.2. The number of amides is 2. The van der Waals surface area contributed by atoms with E-state index in [0.29, 0.717) is 38.9 Å². The largest absolute Gasteiger partial charge is 0.352 e. The van der Waals surface area contributed by atoms with Gasteiger partial charge in [0.1, 0.15) is 0 Å². The van der Waals surface area contributed by atoms with Gasteiger partial charge in [-0.15, -0.1) is 6.58 Å². The first-order valence-corrected chi connectivity index (χ1v) is 10.3. The summed E-state index contributed by atoms with van der Waals surface area (Å²) >= 11 is 0. The lowest BCUT2D eigenvalue weighted by atomic mass is 9.78. The molecule has 2 aromatic carbocycles. The highest BCUT2D eigenvalue weighted by atomic mass is 16.2. The summed E-state index contributed by atoms with van der Waals surface area (Å²) in [7, 11) is 0. The Morgan fingerprint density at radius 1 is 1.21 bits per heavy atom. The summed E-state index contributed by atoms with van der Waals surface area (Å²) < 4.78 is 0. The van der Waals surface area contributed by atoms with Crippen LogP contribution < -0.4 is 5.32 Å². The number of hydrogen-bond acceptors (Lipinski definition) is 2. The Labute approximate surface area is 173 Å². The van der Waals surface area contributed by atoms with E-state index in [2.05, 4.69) is 55.2 Å². The first-order valence-electron chi connectivity index (χ1n) is 10.3. The fourth-order valence-electron chi connectivity index (χ4n) is 4.20. The van der Waals surface area contributed by atoms with Gasteiger partial charge in [0.15, 0.2) is 0 Å². The molecule has 0 spiro atoms. The van der Waals surface area contributed by atoms with E-state index in [9.17, 15) is 9.59 Å². The van der Waals surface area contributed by atoms with Crippen LogP contribution in [0, 0.1) is 12.3 Å². The number of aryl methyl sites for hydroxylation is 1. The maximum Gasteiger partial charge on any atom is 0.228 e. The van der Waals surface area contributed by atoms with Gasteiger partial charge in [-0.3, -0.25) is 9.59 Å². The van der Waals surface area contributed by atoms with Crippen molar-refractivity contribution in [3.05, 3.63) is 72.3 Å². The van der Waals surface area contributed by atoms with Crippen molar-refractivity contribution in [1.29, 1.82) is 0 Å². The van der Waals surface area contributed by atoms with Crippen LogP contribution in [0.3, 0.4) is 0 Å². The first-order chi connectivity index (χ1) is 14.0. The Balaban J connectivity index is 1.96. The Bertz CT molecular complexity index is 905. The summed E-state index contributed by atoms with van der Waals surface area (Å²) in [5.74, 6) is 0.109. The Kier molecular flexibility index (Phi) is 6.53. The summed E-state index contributed by atoms with van der Waals surface area (Å²) in [5.41, 5.74) is 4.02. The van der Waals surface area contributed by atoms with Gasteiger partial charge in [0, 0.05) is 26.1 Å². The van der Waals surface area contributed by atoms with Crippen molar-refractivity contribution < 1.29 is 9.59 Å². The number of hydrogen-bond donors (Lipinski definition) is 1. The molecule has 1 fully saturated rings. The van der Waals surface area contributed by atoms with E-state index in [0.717, 1.165) is 16.7 Å². The van der Waals surface area contributed by atoms with Crippen LogP contribution in [0.1, 0.15) is 30.9 Å². The molecule has 0 aliphatic carbocycles. The number of carbonyl (C=O) groups is 2. The van der Waals surface area contributed by atoms with Crippen molar-refractivity contribution >= 4 is 11.8 Å². The molecule has 29 heavy (non-hydrogen) atoms.